The van der Waals surface area contributed by atoms with E-state index >= 15 is 0 Å². The number of ether oxygens (including phenoxy) is 6. The second-order valence-corrected chi connectivity index (χ2v) is 10.4. The lowest BCUT2D eigenvalue weighted by Crippen LogP contribution is -2.02. The van der Waals surface area contributed by atoms with Gasteiger partial charge in [0.25, 0.3) is 0 Å². The molecule has 3 aromatic carbocycles. The van der Waals surface area contributed by atoms with Gasteiger partial charge >= 0.3 is 17.9 Å². The lowest BCUT2D eigenvalue weighted by molar-refractivity contribution is -0.138. The Morgan fingerprint density at radius 3 is 1.38 bits per heavy atom. The van der Waals surface area contributed by atoms with Crippen LogP contribution in [0.4, 0.5) is 0 Å². The molecule has 3 aromatic rings. The maximum atomic E-state index is 12.0. The fourth-order valence-corrected chi connectivity index (χ4v) is 4.26. The minimum atomic E-state index is -1.15. The van der Waals surface area contributed by atoms with Gasteiger partial charge in [0.2, 0.25) is 0 Å². The second kappa shape index (κ2) is 20.7. The van der Waals surface area contributed by atoms with E-state index in [2.05, 4.69) is 13.2 Å². The smallest absolute Gasteiger partial charge is 0.339 e. The van der Waals surface area contributed by atoms with E-state index < -0.39 is 17.9 Å². The maximum Gasteiger partial charge on any atom is 0.339 e. The van der Waals surface area contributed by atoms with Crippen LogP contribution in [0.3, 0.4) is 0 Å². The molecule has 0 fully saturated rings. The van der Waals surface area contributed by atoms with Gasteiger partial charge in [-0.3, -0.25) is 0 Å². The van der Waals surface area contributed by atoms with E-state index in [4.69, 9.17) is 28.4 Å². The number of carboxylic acids is 1. The second-order valence-electron chi connectivity index (χ2n) is 10.4. The van der Waals surface area contributed by atoms with E-state index in [1.165, 1.54) is 6.07 Å². The standard InChI is InChI=1S/C37H42O10/c1-3-35(38)44-25-11-7-5-9-23-42-28-13-17-30(18-14-28)46-32-21-22-34(33(27-32)37(40)41)47-31-19-15-29(16-20-31)43-24-10-6-8-12-26-45-36(39)4-2/h3-4,13-22,27H,1-2,5-12,23-26H2,(H,40,41). The SMILES string of the molecule is C=CC(=O)OCCCCCCOc1ccc(Oc2ccc(Oc3ccc(OCCCCCCOC(=O)C=C)cc3)c(C(=O)O)c2)cc1. The molecule has 0 heterocycles. The summed E-state index contributed by atoms with van der Waals surface area (Å²) in [6, 6.07) is 18.7. The Bertz CT molecular complexity index is 1430. The molecule has 0 amide bonds. The van der Waals surface area contributed by atoms with E-state index in [0.29, 0.717) is 55.2 Å². The molecule has 250 valence electrons. The summed E-state index contributed by atoms with van der Waals surface area (Å²) in [5, 5.41) is 9.81. The minimum Gasteiger partial charge on any atom is -0.494 e. The highest BCUT2D eigenvalue weighted by Gasteiger charge is 2.15. The molecule has 10 nitrogen and oxygen atoms in total. The van der Waals surface area contributed by atoms with E-state index in [1.807, 2.05) is 0 Å². The number of benzene rings is 3. The topological polar surface area (TPSA) is 127 Å². The van der Waals surface area contributed by atoms with E-state index in [0.717, 1.165) is 63.5 Å². The van der Waals surface area contributed by atoms with Crippen molar-refractivity contribution in [1.29, 1.82) is 0 Å². The van der Waals surface area contributed by atoms with Crippen LogP contribution in [0, 0.1) is 0 Å². The first-order valence-corrected chi connectivity index (χ1v) is 15.6. The maximum absolute atomic E-state index is 12.0. The van der Waals surface area contributed by atoms with Crippen molar-refractivity contribution in [3.8, 4) is 34.5 Å². The van der Waals surface area contributed by atoms with Crippen molar-refractivity contribution in [2.24, 2.45) is 0 Å². The van der Waals surface area contributed by atoms with Gasteiger partial charge in [-0.1, -0.05) is 13.2 Å². The lowest BCUT2D eigenvalue weighted by Gasteiger charge is -2.13. The summed E-state index contributed by atoms with van der Waals surface area (Å²) < 4.78 is 33.2. The van der Waals surface area contributed by atoms with Gasteiger partial charge in [0.05, 0.1) is 26.4 Å². The van der Waals surface area contributed by atoms with Crippen LogP contribution < -0.4 is 18.9 Å². The predicted octanol–water partition coefficient (Wildman–Crippen LogP) is 8.31. The molecule has 0 aromatic heterocycles. The molecule has 0 unspecified atom stereocenters. The van der Waals surface area contributed by atoms with Gasteiger partial charge in [-0.05, 0) is 118 Å². The molecule has 1 N–H and O–H groups in total. The molecule has 0 spiro atoms. The minimum absolute atomic E-state index is 0.0408. The quantitative estimate of drug-likeness (QED) is 0.0610. The molecule has 0 aliphatic heterocycles. The first-order valence-electron chi connectivity index (χ1n) is 15.6. The molecule has 0 aliphatic carbocycles. The van der Waals surface area contributed by atoms with Crippen molar-refractivity contribution in [2.75, 3.05) is 26.4 Å². The molecular weight excluding hydrogens is 604 g/mol. The average Bonchev–Trinajstić information content (AvgIpc) is 3.08. The Balaban J connectivity index is 1.40. The largest absolute Gasteiger partial charge is 0.494 e. The number of hydrogen-bond acceptors (Lipinski definition) is 9. The third-order valence-electron chi connectivity index (χ3n) is 6.73. The van der Waals surface area contributed by atoms with Crippen LogP contribution in [-0.2, 0) is 19.1 Å². The fourth-order valence-electron chi connectivity index (χ4n) is 4.26. The van der Waals surface area contributed by atoms with Crippen molar-refractivity contribution >= 4 is 17.9 Å². The van der Waals surface area contributed by atoms with Crippen LogP contribution in [0.1, 0.15) is 61.7 Å². The highest BCUT2D eigenvalue weighted by Crippen LogP contribution is 2.32. The van der Waals surface area contributed by atoms with Crippen molar-refractivity contribution in [3.05, 3.63) is 97.6 Å². The Labute approximate surface area is 275 Å². The average molecular weight is 647 g/mol. The van der Waals surface area contributed by atoms with Gasteiger partial charge in [0.1, 0.15) is 40.1 Å². The molecular formula is C37H42O10. The summed E-state index contributed by atoms with van der Waals surface area (Å²) in [6.07, 6.45) is 9.42. The molecule has 0 aliphatic rings. The Kier molecular flexibility index (Phi) is 16.0. The zero-order valence-corrected chi connectivity index (χ0v) is 26.5. The molecule has 0 saturated heterocycles. The number of esters is 2. The molecule has 47 heavy (non-hydrogen) atoms. The van der Waals surface area contributed by atoms with Crippen molar-refractivity contribution in [3.63, 3.8) is 0 Å². The summed E-state index contributed by atoms with van der Waals surface area (Å²) in [4.78, 5) is 34.0. The predicted molar refractivity (Wildman–Crippen MR) is 177 cm³/mol. The number of carbonyl (C=O) groups excluding carboxylic acids is 2. The van der Waals surface area contributed by atoms with Crippen LogP contribution in [0.5, 0.6) is 34.5 Å². The number of aromatic carboxylic acids is 1. The van der Waals surface area contributed by atoms with Gasteiger partial charge in [-0.2, -0.15) is 0 Å². The molecule has 0 bridgehead atoms. The number of hydrogen-bond donors (Lipinski definition) is 1. The summed E-state index contributed by atoms with van der Waals surface area (Å²) in [5.41, 5.74) is -0.0408. The number of carbonyl (C=O) groups is 3. The fraction of sp³-hybridized carbons (Fsp3) is 0.324. The molecule has 0 atom stereocenters. The van der Waals surface area contributed by atoms with Crippen LogP contribution in [0.15, 0.2) is 92.0 Å². The molecule has 3 rings (SSSR count). The lowest BCUT2D eigenvalue weighted by atomic mass is 10.2. The zero-order valence-electron chi connectivity index (χ0n) is 26.5. The normalized spacial score (nSPS) is 10.4. The van der Waals surface area contributed by atoms with E-state index in [9.17, 15) is 19.5 Å². The van der Waals surface area contributed by atoms with Gasteiger partial charge < -0.3 is 33.5 Å². The first kappa shape index (κ1) is 36.2. The van der Waals surface area contributed by atoms with Crippen molar-refractivity contribution < 1.29 is 47.9 Å². The molecule has 0 radical (unpaired) electrons. The Hall–Kier alpha value is -5.25. The van der Waals surface area contributed by atoms with Crippen molar-refractivity contribution in [2.45, 2.75) is 51.4 Å². The van der Waals surface area contributed by atoms with Gasteiger partial charge in [0.15, 0.2) is 0 Å². The van der Waals surface area contributed by atoms with E-state index in [-0.39, 0.29) is 11.3 Å². The summed E-state index contributed by atoms with van der Waals surface area (Å²) in [5.74, 6) is 0.947. The van der Waals surface area contributed by atoms with Crippen LogP contribution >= 0.6 is 0 Å². The van der Waals surface area contributed by atoms with Gasteiger partial charge in [-0.25, -0.2) is 14.4 Å². The van der Waals surface area contributed by atoms with Gasteiger partial charge in [-0.15, -0.1) is 0 Å². The monoisotopic (exact) mass is 646 g/mol. The number of rotatable bonds is 23. The summed E-state index contributed by atoms with van der Waals surface area (Å²) in [6.45, 7) is 8.62. The Morgan fingerprint density at radius 1 is 0.532 bits per heavy atom. The summed E-state index contributed by atoms with van der Waals surface area (Å²) in [7, 11) is 0. The highest BCUT2D eigenvalue weighted by molar-refractivity contribution is 5.91. The summed E-state index contributed by atoms with van der Waals surface area (Å²) >= 11 is 0. The molecule has 0 saturated carbocycles. The van der Waals surface area contributed by atoms with Gasteiger partial charge in [0, 0.05) is 12.2 Å². The number of carboxylic acid groups (broad SMARTS) is 1. The molecule has 10 heteroatoms. The third kappa shape index (κ3) is 14.2. The van der Waals surface area contributed by atoms with Crippen molar-refractivity contribution in [1.82, 2.24) is 0 Å². The Morgan fingerprint density at radius 2 is 0.936 bits per heavy atom. The number of unbranched alkanes of at least 4 members (excludes halogenated alkanes) is 6. The highest BCUT2D eigenvalue weighted by atomic mass is 16.5. The van der Waals surface area contributed by atoms with Crippen LogP contribution in [0.2, 0.25) is 0 Å². The third-order valence-corrected chi connectivity index (χ3v) is 6.73. The first-order chi connectivity index (χ1) is 22.9. The van der Waals surface area contributed by atoms with Crippen LogP contribution in [0.25, 0.3) is 0 Å². The van der Waals surface area contributed by atoms with Crippen LogP contribution in [-0.4, -0.2) is 49.4 Å². The zero-order chi connectivity index (χ0) is 33.7. The van der Waals surface area contributed by atoms with E-state index in [1.54, 1.807) is 60.7 Å².